The van der Waals surface area contributed by atoms with E-state index in [4.69, 9.17) is 9.47 Å². The Kier molecular flexibility index (Phi) is 7.53. The Labute approximate surface area is 229 Å². The van der Waals surface area contributed by atoms with Gasteiger partial charge < -0.3 is 19.7 Å². The fourth-order valence-electron chi connectivity index (χ4n) is 6.13. The normalized spacial score (nSPS) is 26.0. The molecule has 2 aromatic heterocycles. The second-order valence-electron chi connectivity index (χ2n) is 11.0. The molecule has 2 saturated carbocycles. The SMILES string of the molecule is CCO[C@]1(C(F)(F)F)CC[C@@H](NC(=O)[C@H]2CCN(C(=O)c3cc(-c4cc(OC)ncc4F)[nH]n3)C3(CC3)C2)CC1. The summed E-state index contributed by atoms with van der Waals surface area (Å²) in [6.07, 6.45) is -0.986. The van der Waals surface area contributed by atoms with Crippen molar-refractivity contribution in [2.75, 3.05) is 20.3 Å². The third-order valence-electron chi connectivity index (χ3n) is 8.55. The molecule has 3 fully saturated rings. The van der Waals surface area contributed by atoms with E-state index in [0.29, 0.717) is 25.1 Å². The summed E-state index contributed by atoms with van der Waals surface area (Å²) in [5.41, 5.74) is -1.97. The Hall–Kier alpha value is -3.22. The van der Waals surface area contributed by atoms with Crippen molar-refractivity contribution < 1.29 is 36.6 Å². The van der Waals surface area contributed by atoms with Crippen LogP contribution in [0.15, 0.2) is 18.3 Å². The van der Waals surface area contributed by atoms with Crippen LogP contribution in [-0.4, -0.2) is 75.5 Å². The Balaban J connectivity index is 1.20. The van der Waals surface area contributed by atoms with E-state index in [1.807, 2.05) is 0 Å². The van der Waals surface area contributed by atoms with E-state index in [0.717, 1.165) is 19.0 Å². The number of halogens is 4. The summed E-state index contributed by atoms with van der Waals surface area (Å²) < 4.78 is 65.5. The van der Waals surface area contributed by atoms with Gasteiger partial charge in [-0.05, 0) is 64.4 Å². The molecule has 218 valence electrons. The van der Waals surface area contributed by atoms with Crippen molar-refractivity contribution in [1.29, 1.82) is 0 Å². The molecule has 2 aromatic rings. The fraction of sp³-hybridized carbons (Fsp3) is 0.630. The summed E-state index contributed by atoms with van der Waals surface area (Å²) in [6.45, 7) is 1.88. The molecule has 40 heavy (non-hydrogen) atoms. The molecular weight excluding hydrogens is 534 g/mol. The summed E-state index contributed by atoms with van der Waals surface area (Å²) >= 11 is 0. The molecule has 3 heterocycles. The quantitative estimate of drug-likeness (QED) is 0.480. The maximum atomic E-state index is 14.3. The van der Waals surface area contributed by atoms with Crippen LogP contribution in [0, 0.1) is 11.7 Å². The summed E-state index contributed by atoms with van der Waals surface area (Å²) in [5.74, 6) is -1.18. The Morgan fingerprint density at radius 3 is 2.52 bits per heavy atom. The average Bonchev–Trinajstić information content (AvgIpc) is 3.50. The zero-order valence-electron chi connectivity index (χ0n) is 22.4. The summed E-state index contributed by atoms with van der Waals surface area (Å²) in [4.78, 5) is 32.1. The minimum Gasteiger partial charge on any atom is -0.481 e. The van der Waals surface area contributed by atoms with Gasteiger partial charge in [0.1, 0.15) is 0 Å². The molecule has 1 atom stereocenters. The number of amides is 2. The van der Waals surface area contributed by atoms with E-state index in [2.05, 4.69) is 20.5 Å². The van der Waals surface area contributed by atoms with Gasteiger partial charge >= 0.3 is 6.18 Å². The monoisotopic (exact) mass is 567 g/mol. The van der Waals surface area contributed by atoms with Gasteiger partial charge in [0.05, 0.1) is 19.0 Å². The number of aromatic nitrogens is 3. The molecule has 13 heteroatoms. The van der Waals surface area contributed by atoms with Gasteiger partial charge in [-0.25, -0.2) is 9.37 Å². The van der Waals surface area contributed by atoms with Crippen LogP contribution in [0.25, 0.3) is 11.3 Å². The van der Waals surface area contributed by atoms with Crippen LogP contribution in [0.1, 0.15) is 68.8 Å². The number of alkyl halides is 3. The van der Waals surface area contributed by atoms with Gasteiger partial charge in [-0.3, -0.25) is 14.7 Å². The van der Waals surface area contributed by atoms with Crippen LogP contribution in [-0.2, 0) is 9.53 Å². The average molecular weight is 568 g/mol. The molecule has 2 aliphatic carbocycles. The lowest BCUT2D eigenvalue weighted by molar-refractivity contribution is -0.287. The van der Waals surface area contributed by atoms with E-state index in [9.17, 15) is 27.2 Å². The van der Waals surface area contributed by atoms with Crippen LogP contribution in [0.3, 0.4) is 0 Å². The predicted molar refractivity (Wildman–Crippen MR) is 135 cm³/mol. The number of hydrogen-bond acceptors (Lipinski definition) is 6. The lowest BCUT2D eigenvalue weighted by Gasteiger charge is -2.42. The Bertz CT molecular complexity index is 1250. The standard InChI is InChI=1S/C27H33F4N5O4/c1-3-40-26(27(29,30)31)7-4-17(5-8-26)33-23(37)16-6-11-36(25(14-16)9-10-25)24(38)21-13-20(34-35-21)18-12-22(39-2)32-15-19(18)28/h12-13,15-17H,3-11,14H2,1-2H3,(H,33,37)(H,34,35)/t16-,17-,26-/m0/s1. The molecule has 0 bridgehead atoms. The number of hydrogen-bond donors (Lipinski definition) is 2. The molecule has 0 radical (unpaired) electrons. The van der Waals surface area contributed by atoms with Crippen LogP contribution < -0.4 is 10.1 Å². The summed E-state index contributed by atoms with van der Waals surface area (Å²) in [7, 11) is 1.42. The largest absolute Gasteiger partial charge is 0.481 e. The number of aromatic amines is 1. The third kappa shape index (κ3) is 5.27. The number of methoxy groups -OCH3 is 1. The van der Waals surface area contributed by atoms with Gasteiger partial charge in [-0.2, -0.15) is 18.3 Å². The van der Waals surface area contributed by atoms with Gasteiger partial charge in [0.25, 0.3) is 5.91 Å². The maximum Gasteiger partial charge on any atom is 0.417 e. The molecule has 0 aromatic carbocycles. The van der Waals surface area contributed by atoms with Crippen LogP contribution in [0.2, 0.25) is 0 Å². The molecule has 9 nitrogen and oxygen atoms in total. The minimum absolute atomic E-state index is 0.0229. The highest BCUT2D eigenvalue weighted by Crippen LogP contribution is 2.51. The van der Waals surface area contributed by atoms with Crippen LogP contribution in [0.4, 0.5) is 17.6 Å². The highest BCUT2D eigenvalue weighted by molar-refractivity contribution is 5.94. The maximum absolute atomic E-state index is 14.3. The van der Waals surface area contributed by atoms with Crippen molar-refractivity contribution in [3.63, 3.8) is 0 Å². The topological polar surface area (TPSA) is 109 Å². The first-order valence-corrected chi connectivity index (χ1v) is 13.6. The van der Waals surface area contributed by atoms with Crippen molar-refractivity contribution in [3.8, 4) is 17.1 Å². The van der Waals surface area contributed by atoms with Crippen LogP contribution in [0.5, 0.6) is 5.88 Å². The van der Waals surface area contributed by atoms with E-state index < -0.39 is 23.1 Å². The minimum atomic E-state index is -4.45. The second kappa shape index (κ2) is 10.6. The zero-order chi connectivity index (χ0) is 28.7. The van der Waals surface area contributed by atoms with E-state index >= 15 is 0 Å². The third-order valence-corrected chi connectivity index (χ3v) is 8.55. The molecule has 0 unspecified atom stereocenters. The molecule has 1 aliphatic heterocycles. The van der Waals surface area contributed by atoms with E-state index in [1.165, 1.54) is 19.2 Å². The van der Waals surface area contributed by atoms with Gasteiger partial charge in [0.15, 0.2) is 17.1 Å². The molecule has 5 rings (SSSR count). The Morgan fingerprint density at radius 2 is 1.90 bits per heavy atom. The summed E-state index contributed by atoms with van der Waals surface area (Å²) in [6, 6.07) is 2.56. The molecule has 1 saturated heterocycles. The number of likely N-dealkylation sites (tertiary alicyclic amines) is 1. The van der Waals surface area contributed by atoms with Crippen molar-refractivity contribution in [1.82, 2.24) is 25.4 Å². The number of ether oxygens (including phenoxy) is 2. The van der Waals surface area contributed by atoms with E-state index in [1.54, 1.807) is 11.8 Å². The number of nitrogens with one attached hydrogen (secondary N) is 2. The van der Waals surface area contributed by atoms with Crippen molar-refractivity contribution in [2.45, 2.75) is 81.6 Å². The molecule has 2 amide bonds. The first-order chi connectivity index (χ1) is 19.0. The van der Waals surface area contributed by atoms with Crippen molar-refractivity contribution >= 4 is 11.8 Å². The first kappa shape index (κ1) is 28.3. The number of rotatable bonds is 7. The van der Waals surface area contributed by atoms with Crippen molar-refractivity contribution in [3.05, 3.63) is 29.8 Å². The Morgan fingerprint density at radius 1 is 1.18 bits per heavy atom. The van der Waals surface area contributed by atoms with Gasteiger partial charge in [-0.1, -0.05) is 0 Å². The molecule has 2 N–H and O–H groups in total. The lowest BCUT2D eigenvalue weighted by Crippen LogP contribution is -2.55. The number of nitrogens with zero attached hydrogens (tertiary/aromatic N) is 3. The number of H-pyrrole nitrogens is 1. The fourth-order valence-corrected chi connectivity index (χ4v) is 6.13. The predicted octanol–water partition coefficient (Wildman–Crippen LogP) is 4.40. The highest BCUT2D eigenvalue weighted by atomic mass is 19.4. The molecule has 1 spiro atoms. The zero-order valence-corrected chi connectivity index (χ0v) is 22.4. The smallest absolute Gasteiger partial charge is 0.417 e. The summed E-state index contributed by atoms with van der Waals surface area (Å²) in [5, 5.41) is 9.79. The van der Waals surface area contributed by atoms with Gasteiger partial charge in [0, 0.05) is 42.3 Å². The number of piperidine rings is 1. The van der Waals surface area contributed by atoms with Crippen molar-refractivity contribution in [2.24, 2.45) is 5.92 Å². The first-order valence-electron chi connectivity index (χ1n) is 13.6. The van der Waals surface area contributed by atoms with Crippen LogP contribution >= 0.6 is 0 Å². The second-order valence-corrected chi connectivity index (χ2v) is 11.0. The highest BCUT2D eigenvalue weighted by Gasteiger charge is 2.57. The van der Waals surface area contributed by atoms with Gasteiger partial charge in [0.2, 0.25) is 11.8 Å². The van der Waals surface area contributed by atoms with Gasteiger partial charge in [-0.15, -0.1) is 0 Å². The van der Waals surface area contributed by atoms with E-state index in [-0.39, 0.29) is 73.2 Å². The molecule has 3 aliphatic rings. The number of carbonyl (C=O) groups is 2. The molecular formula is C27H33F4N5O4. The number of pyridine rings is 1. The lowest BCUT2D eigenvalue weighted by atomic mass is 9.80. The number of carbonyl (C=O) groups excluding carboxylic acids is 2.